The van der Waals surface area contributed by atoms with E-state index < -0.39 is 0 Å². The second-order valence-corrected chi connectivity index (χ2v) is 8.27. The van der Waals surface area contributed by atoms with Crippen molar-refractivity contribution in [2.45, 2.75) is 40.5 Å². The van der Waals surface area contributed by atoms with E-state index in [1.807, 2.05) is 17.0 Å². The van der Waals surface area contributed by atoms with Gasteiger partial charge >= 0.3 is 6.03 Å². The Balaban J connectivity index is 2.02. The highest BCUT2D eigenvalue weighted by Gasteiger charge is 2.19. The van der Waals surface area contributed by atoms with Gasteiger partial charge in [-0.3, -0.25) is 4.79 Å². The zero-order chi connectivity index (χ0) is 20.5. The minimum absolute atomic E-state index is 0.0177. The number of ether oxygens (including phenoxy) is 1. The van der Waals surface area contributed by atoms with Crippen molar-refractivity contribution in [1.29, 1.82) is 0 Å². The number of benzene rings is 1. The molecule has 1 saturated heterocycles. The van der Waals surface area contributed by atoms with Crippen molar-refractivity contribution in [1.82, 2.24) is 9.80 Å². The van der Waals surface area contributed by atoms with Gasteiger partial charge in [-0.05, 0) is 42.9 Å². The summed E-state index contributed by atoms with van der Waals surface area (Å²) in [5.41, 5.74) is 1.25. The Hall–Kier alpha value is -2.08. The molecular formula is C22H35N3O3. The molecule has 0 spiro atoms. The molecule has 1 aromatic carbocycles. The van der Waals surface area contributed by atoms with Crippen LogP contribution in [-0.2, 0) is 4.74 Å². The van der Waals surface area contributed by atoms with Crippen LogP contribution in [0.4, 0.5) is 10.5 Å². The summed E-state index contributed by atoms with van der Waals surface area (Å²) in [5.74, 6) is 1.07. The standard InChI is InChI=1S/C22H35N3O3/c1-17(2)8-10-25(11-9-18(3)4)22(27)23-20-7-5-6-19(16-20)21(26)24-12-14-28-15-13-24/h5-7,16-18H,8-15H2,1-4H3,(H,23,27). The van der Waals surface area contributed by atoms with Crippen LogP contribution in [0.2, 0.25) is 0 Å². The van der Waals surface area contributed by atoms with Gasteiger partial charge in [0.1, 0.15) is 0 Å². The van der Waals surface area contributed by atoms with Crippen molar-refractivity contribution in [2.75, 3.05) is 44.7 Å². The second-order valence-electron chi connectivity index (χ2n) is 8.27. The lowest BCUT2D eigenvalue weighted by molar-refractivity contribution is 0.0303. The monoisotopic (exact) mass is 389 g/mol. The Labute approximate surface area is 169 Å². The van der Waals surface area contributed by atoms with E-state index in [2.05, 4.69) is 33.0 Å². The van der Waals surface area contributed by atoms with E-state index in [-0.39, 0.29) is 11.9 Å². The summed E-state index contributed by atoms with van der Waals surface area (Å²) < 4.78 is 5.31. The van der Waals surface area contributed by atoms with E-state index in [0.717, 1.165) is 25.9 Å². The number of carbonyl (C=O) groups is 2. The van der Waals surface area contributed by atoms with Crippen molar-refractivity contribution in [3.8, 4) is 0 Å². The number of nitrogens with one attached hydrogen (secondary N) is 1. The number of amides is 3. The first-order valence-electron chi connectivity index (χ1n) is 10.4. The molecular weight excluding hydrogens is 354 g/mol. The first-order valence-corrected chi connectivity index (χ1v) is 10.4. The third kappa shape index (κ3) is 7.15. The van der Waals surface area contributed by atoms with Crippen molar-refractivity contribution < 1.29 is 14.3 Å². The number of hydrogen-bond acceptors (Lipinski definition) is 3. The fraction of sp³-hybridized carbons (Fsp3) is 0.636. The fourth-order valence-electron chi connectivity index (χ4n) is 3.02. The Morgan fingerprint density at radius 3 is 2.25 bits per heavy atom. The van der Waals surface area contributed by atoms with Gasteiger partial charge in [0.05, 0.1) is 13.2 Å². The fourth-order valence-corrected chi connectivity index (χ4v) is 3.02. The zero-order valence-electron chi connectivity index (χ0n) is 17.7. The molecule has 0 radical (unpaired) electrons. The molecule has 1 N–H and O–H groups in total. The van der Waals surface area contributed by atoms with Crippen LogP contribution in [0, 0.1) is 11.8 Å². The molecule has 1 aliphatic heterocycles. The summed E-state index contributed by atoms with van der Waals surface area (Å²) in [6.07, 6.45) is 1.95. The molecule has 0 saturated carbocycles. The molecule has 28 heavy (non-hydrogen) atoms. The van der Waals surface area contributed by atoms with Crippen molar-refractivity contribution in [3.63, 3.8) is 0 Å². The molecule has 0 unspecified atom stereocenters. The maximum absolute atomic E-state index is 12.8. The predicted octanol–water partition coefficient (Wildman–Crippen LogP) is 4.09. The summed E-state index contributed by atoms with van der Waals surface area (Å²) in [6.45, 7) is 12.5. The van der Waals surface area contributed by atoms with Gasteiger partial charge in [-0.1, -0.05) is 33.8 Å². The Morgan fingerprint density at radius 2 is 1.68 bits per heavy atom. The van der Waals surface area contributed by atoms with Crippen LogP contribution in [0.1, 0.15) is 50.9 Å². The average molecular weight is 390 g/mol. The van der Waals surface area contributed by atoms with E-state index in [4.69, 9.17) is 4.74 Å². The lowest BCUT2D eigenvalue weighted by Crippen LogP contribution is -2.40. The molecule has 1 aliphatic rings. The van der Waals surface area contributed by atoms with Gasteiger partial charge in [0.2, 0.25) is 0 Å². The van der Waals surface area contributed by atoms with Gasteiger partial charge in [-0.2, -0.15) is 0 Å². The molecule has 156 valence electrons. The van der Waals surface area contributed by atoms with Gasteiger partial charge in [-0.25, -0.2) is 4.79 Å². The number of hydrogen-bond donors (Lipinski definition) is 1. The molecule has 1 heterocycles. The maximum Gasteiger partial charge on any atom is 0.321 e. The van der Waals surface area contributed by atoms with Crippen LogP contribution >= 0.6 is 0 Å². The summed E-state index contributed by atoms with van der Waals surface area (Å²) in [7, 11) is 0. The Bertz CT molecular complexity index is 628. The lowest BCUT2D eigenvalue weighted by atomic mass is 10.1. The second kappa shape index (κ2) is 11.1. The van der Waals surface area contributed by atoms with E-state index in [0.29, 0.717) is 49.4 Å². The highest BCUT2D eigenvalue weighted by Crippen LogP contribution is 2.15. The molecule has 0 atom stereocenters. The Morgan fingerprint density at radius 1 is 1.07 bits per heavy atom. The molecule has 0 aliphatic carbocycles. The lowest BCUT2D eigenvalue weighted by Gasteiger charge is -2.27. The third-order valence-corrected chi connectivity index (χ3v) is 4.90. The van der Waals surface area contributed by atoms with Crippen molar-refractivity contribution in [2.24, 2.45) is 11.8 Å². The quantitative estimate of drug-likeness (QED) is 0.728. The number of anilines is 1. The van der Waals surface area contributed by atoms with Crippen LogP contribution in [0.15, 0.2) is 24.3 Å². The van der Waals surface area contributed by atoms with Gasteiger partial charge in [-0.15, -0.1) is 0 Å². The summed E-state index contributed by atoms with van der Waals surface area (Å²) >= 11 is 0. The predicted molar refractivity (Wildman–Crippen MR) is 113 cm³/mol. The number of nitrogens with zero attached hydrogens (tertiary/aromatic N) is 2. The van der Waals surface area contributed by atoms with Crippen molar-refractivity contribution in [3.05, 3.63) is 29.8 Å². The minimum atomic E-state index is -0.0997. The normalized spacial score (nSPS) is 14.4. The smallest absolute Gasteiger partial charge is 0.321 e. The van der Waals surface area contributed by atoms with Crippen LogP contribution < -0.4 is 5.32 Å². The summed E-state index contributed by atoms with van der Waals surface area (Å²) in [5, 5.41) is 2.98. The number of morpholine rings is 1. The van der Waals surface area contributed by atoms with E-state index in [1.165, 1.54) is 0 Å². The van der Waals surface area contributed by atoms with Crippen LogP contribution in [0.5, 0.6) is 0 Å². The number of urea groups is 1. The highest BCUT2D eigenvalue weighted by atomic mass is 16.5. The number of rotatable bonds is 8. The Kier molecular flexibility index (Phi) is 8.77. The molecule has 1 aromatic rings. The van der Waals surface area contributed by atoms with Crippen LogP contribution in [0.3, 0.4) is 0 Å². The van der Waals surface area contributed by atoms with Gasteiger partial charge in [0.15, 0.2) is 0 Å². The van der Waals surface area contributed by atoms with Gasteiger partial charge in [0.25, 0.3) is 5.91 Å². The SMILES string of the molecule is CC(C)CCN(CCC(C)C)C(=O)Nc1cccc(C(=O)N2CCOCC2)c1. The molecule has 2 rings (SSSR count). The number of carbonyl (C=O) groups excluding carboxylic acids is 2. The van der Waals surface area contributed by atoms with Gasteiger partial charge < -0.3 is 19.9 Å². The van der Waals surface area contributed by atoms with Crippen LogP contribution in [0.25, 0.3) is 0 Å². The molecule has 6 heteroatoms. The molecule has 0 aromatic heterocycles. The first-order chi connectivity index (χ1) is 13.4. The molecule has 1 fully saturated rings. The maximum atomic E-state index is 12.8. The zero-order valence-corrected chi connectivity index (χ0v) is 17.7. The summed E-state index contributed by atoms with van der Waals surface area (Å²) in [4.78, 5) is 29.2. The average Bonchev–Trinajstić information content (AvgIpc) is 2.67. The molecule has 6 nitrogen and oxygen atoms in total. The third-order valence-electron chi connectivity index (χ3n) is 4.90. The highest BCUT2D eigenvalue weighted by molar-refractivity contribution is 5.97. The van der Waals surface area contributed by atoms with E-state index >= 15 is 0 Å². The largest absolute Gasteiger partial charge is 0.378 e. The van der Waals surface area contributed by atoms with Crippen LogP contribution in [-0.4, -0.2) is 61.1 Å². The molecule has 0 bridgehead atoms. The topological polar surface area (TPSA) is 61.9 Å². The summed E-state index contributed by atoms with van der Waals surface area (Å²) in [6, 6.07) is 7.10. The van der Waals surface area contributed by atoms with E-state index in [9.17, 15) is 9.59 Å². The first kappa shape index (κ1) is 22.2. The molecule has 3 amide bonds. The van der Waals surface area contributed by atoms with E-state index in [1.54, 1.807) is 17.0 Å². The van der Waals surface area contributed by atoms with Crippen molar-refractivity contribution >= 4 is 17.6 Å². The minimum Gasteiger partial charge on any atom is -0.378 e. The van der Waals surface area contributed by atoms with Gasteiger partial charge in [0, 0.05) is 37.4 Å².